The third kappa shape index (κ3) is 4.78. The Morgan fingerprint density at radius 2 is 1.75 bits per heavy atom. The molecule has 0 radical (unpaired) electrons. The molecule has 0 aliphatic carbocycles. The summed E-state index contributed by atoms with van der Waals surface area (Å²) in [4.78, 5) is 4.71. The Balaban J connectivity index is 1.71. The average Bonchev–Trinajstić information content (AvgIpc) is 2.47. The van der Waals surface area contributed by atoms with E-state index in [0.29, 0.717) is 13.2 Å². The van der Waals surface area contributed by atoms with Crippen LogP contribution in [0.4, 0.5) is 5.69 Å². The van der Waals surface area contributed by atoms with Gasteiger partial charge in [0.25, 0.3) is 0 Å². The van der Waals surface area contributed by atoms with E-state index in [4.69, 9.17) is 4.74 Å². The van der Waals surface area contributed by atoms with Crippen LogP contribution in [0.25, 0.3) is 0 Å². The fourth-order valence-corrected chi connectivity index (χ4v) is 2.48. The number of hydrogen-bond acceptors (Lipinski definition) is 4. The summed E-state index contributed by atoms with van der Waals surface area (Å²) in [5.74, 6) is 0. The summed E-state index contributed by atoms with van der Waals surface area (Å²) in [7, 11) is 0. The number of nitrogens with zero attached hydrogens (tertiary/aromatic N) is 2. The minimum Gasteiger partial charge on any atom is -0.389 e. The first-order valence-electron chi connectivity index (χ1n) is 7.47. The predicted molar refractivity (Wildman–Crippen MR) is 82.2 cm³/mol. The van der Waals surface area contributed by atoms with Gasteiger partial charge in [-0.1, -0.05) is 18.2 Å². The van der Waals surface area contributed by atoms with E-state index in [1.54, 1.807) is 0 Å². The van der Waals surface area contributed by atoms with Gasteiger partial charge in [0.05, 0.1) is 18.8 Å². The molecule has 0 saturated carbocycles. The smallest absolute Gasteiger partial charge is 0.0900 e. The van der Waals surface area contributed by atoms with Crippen molar-refractivity contribution in [2.75, 3.05) is 44.2 Å². The normalized spacial score (nSPS) is 18.5. The summed E-state index contributed by atoms with van der Waals surface area (Å²) < 4.78 is 5.45. The molecule has 0 spiro atoms. The number of rotatable bonds is 6. The first-order valence-corrected chi connectivity index (χ1v) is 7.47. The molecule has 1 atom stereocenters. The molecule has 1 aliphatic rings. The molecule has 1 heterocycles. The van der Waals surface area contributed by atoms with E-state index in [9.17, 15) is 5.11 Å². The van der Waals surface area contributed by atoms with Crippen molar-refractivity contribution in [2.24, 2.45) is 0 Å². The number of para-hydroxylation sites is 1. The third-order valence-corrected chi connectivity index (χ3v) is 3.58. The van der Waals surface area contributed by atoms with Gasteiger partial charge in [-0.25, -0.2) is 0 Å². The van der Waals surface area contributed by atoms with E-state index in [-0.39, 0.29) is 12.2 Å². The van der Waals surface area contributed by atoms with Gasteiger partial charge in [-0.2, -0.15) is 0 Å². The molecule has 1 fully saturated rings. The van der Waals surface area contributed by atoms with Crippen LogP contribution < -0.4 is 4.90 Å². The SMILES string of the molecule is CC(C)OCC(O)CN1CCN(c2ccccc2)CC1. The lowest BCUT2D eigenvalue weighted by Crippen LogP contribution is -2.49. The van der Waals surface area contributed by atoms with Gasteiger partial charge >= 0.3 is 0 Å². The number of ether oxygens (including phenoxy) is 1. The molecule has 1 aliphatic heterocycles. The number of benzene rings is 1. The van der Waals surface area contributed by atoms with Crippen LogP contribution in [0.2, 0.25) is 0 Å². The molecule has 1 saturated heterocycles. The van der Waals surface area contributed by atoms with Crippen LogP contribution in [0.1, 0.15) is 13.8 Å². The molecule has 4 heteroatoms. The number of β-amino-alcohol motifs (C(OH)–C–C–N with tert-alkyl or cyclic N) is 1. The topological polar surface area (TPSA) is 35.9 Å². The van der Waals surface area contributed by atoms with Crippen molar-refractivity contribution in [2.45, 2.75) is 26.1 Å². The molecule has 1 N–H and O–H groups in total. The molecule has 0 amide bonds. The Hall–Kier alpha value is -1.10. The first kappa shape index (κ1) is 15.3. The zero-order valence-corrected chi connectivity index (χ0v) is 12.5. The van der Waals surface area contributed by atoms with Gasteiger partial charge in [-0.05, 0) is 26.0 Å². The van der Waals surface area contributed by atoms with Crippen molar-refractivity contribution in [3.63, 3.8) is 0 Å². The lowest BCUT2D eigenvalue weighted by molar-refractivity contribution is -0.00899. The maximum Gasteiger partial charge on any atom is 0.0900 e. The van der Waals surface area contributed by atoms with Gasteiger partial charge in [-0.3, -0.25) is 4.90 Å². The van der Waals surface area contributed by atoms with Crippen LogP contribution >= 0.6 is 0 Å². The molecule has 112 valence electrons. The molecule has 0 aromatic heterocycles. The molecule has 2 rings (SSSR count). The highest BCUT2D eigenvalue weighted by Gasteiger charge is 2.19. The Morgan fingerprint density at radius 1 is 1.10 bits per heavy atom. The van der Waals surface area contributed by atoms with E-state index >= 15 is 0 Å². The highest BCUT2D eigenvalue weighted by atomic mass is 16.5. The minimum atomic E-state index is -0.388. The highest BCUT2D eigenvalue weighted by Crippen LogP contribution is 2.15. The molecule has 0 bridgehead atoms. The Labute approximate surface area is 122 Å². The van der Waals surface area contributed by atoms with Gasteiger partial charge in [0.1, 0.15) is 0 Å². The second-order valence-corrected chi connectivity index (χ2v) is 5.66. The van der Waals surface area contributed by atoms with Crippen molar-refractivity contribution in [1.82, 2.24) is 4.90 Å². The van der Waals surface area contributed by atoms with Crippen LogP contribution in [0.5, 0.6) is 0 Å². The summed E-state index contributed by atoms with van der Waals surface area (Å²) in [5.41, 5.74) is 1.29. The van der Waals surface area contributed by atoms with Crippen molar-refractivity contribution < 1.29 is 9.84 Å². The van der Waals surface area contributed by atoms with Crippen molar-refractivity contribution >= 4 is 5.69 Å². The van der Waals surface area contributed by atoms with E-state index in [1.807, 2.05) is 19.9 Å². The fraction of sp³-hybridized carbons (Fsp3) is 0.625. The van der Waals surface area contributed by atoms with Crippen LogP contribution in [0.3, 0.4) is 0 Å². The quantitative estimate of drug-likeness (QED) is 0.857. The van der Waals surface area contributed by atoms with Crippen LogP contribution in [-0.2, 0) is 4.74 Å². The summed E-state index contributed by atoms with van der Waals surface area (Å²) >= 11 is 0. The lowest BCUT2D eigenvalue weighted by Gasteiger charge is -2.36. The second-order valence-electron chi connectivity index (χ2n) is 5.66. The Kier molecular flexibility index (Phi) is 5.83. The lowest BCUT2D eigenvalue weighted by atomic mass is 10.2. The summed E-state index contributed by atoms with van der Waals surface area (Å²) in [5, 5.41) is 9.95. The number of hydrogen-bond donors (Lipinski definition) is 1. The molecular formula is C16H26N2O2. The summed E-state index contributed by atoms with van der Waals surface area (Å²) in [6.07, 6.45) is -0.208. The monoisotopic (exact) mass is 278 g/mol. The molecular weight excluding hydrogens is 252 g/mol. The van der Waals surface area contributed by atoms with Gasteiger partial charge < -0.3 is 14.7 Å². The number of aliphatic hydroxyl groups excluding tert-OH is 1. The van der Waals surface area contributed by atoms with Gasteiger partial charge in [0.15, 0.2) is 0 Å². The van der Waals surface area contributed by atoms with Gasteiger partial charge in [0.2, 0.25) is 0 Å². The van der Waals surface area contributed by atoms with E-state index in [0.717, 1.165) is 26.2 Å². The molecule has 20 heavy (non-hydrogen) atoms. The minimum absolute atomic E-state index is 0.180. The Morgan fingerprint density at radius 3 is 2.35 bits per heavy atom. The highest BCUT2D eigenvalue weighted by molar-refractivity contribution is 5.46. The maximum atomic E-state index is 9.95. The van der Waals surface area contributed by atoms with E-state index in [1.165, 1.54) is 5.69 Å². The number of anilines is 1. The van der Waals surface area contributed by atoms with Crippen molar-refractivity contribution in [1.29, 1.82) is 0 Å². The van der Waals surface area contributed by atoms with E-state index in [2.05, 4.69) is 34.1 Å². The number of aliphatic hydroxyl groups is 1. The summed E-state index contributed by atoms with van der Waals surface area (Å²) in [6, 6.07) is 10.5. The molecule has 1 unspecified atom stereocenters. The van der Waals surface area contributed by atoms with Crippen molar-refractivity contribution in [3.8, 4) is 0 Å². The van der Waals surface area contributed by atoms with E-state index < -0.39 is 0 Å². The maximum absolute atomic E-state index is 9.95. The van der Waals surface area contributed by atoms with Crippen LogP contribution in [0.15, 0.2) is 30.3 Å². The van der Waals surface area contributed by atoms with Gasteiger partial charge in [0, 0.05) is 38.4 Å². The average molecular weight is 278 g/mol. The fourth-order valence-electron chi connectivity index (χ4n) is 2.48. The van der Waals surface area contributed by atoms with Crippen molar-refractivity contribution in [3.05, 3.63) is 30.3 Å². The zero-order valence-electron chi connectivity index (χ0n) is 12.5. The summed E-state index contributed by atoms with van der Waals surface area (Å²) in [6.45, 7) is 9.13. The Bertz CT molecular complexity index is 375. The number of piperazine rings is 1. The van der Waals surface area contributed by atoms with Gasteiger partial charge in [-0.15, -0.1) is 0 Å². The molecule has 1 aromatic carbocycles. The molecule has 4 nitrogen and oxygen atoms in total. The second kappa shape index (κ2) is 7.62. The predicted octanol–water partition coefficient (Wildman–Crippen LogP) is 1.59. The largest absolute Gasteiger partial charge is 0.389 e. The third-order valence-electron chi connectivity index (χ3n) is 3.58. The standard InChI is InChI=1S/C16H26N2O2/c1-14(2)20-13-16(19)12-17-8-10-18(11-9-17)15-6-4-3-5-7-15/h3-7,14,16,19H,8-13H2,1-2H3. The van der Waals surface area contributed by atoms with Crippen LogP contribution in [-0.4, -0.2) is 61.5 Å². The first-order chi connectivity index (χ1) is 9.65. The molecule has 1 aromatic rings. The zero-order chi connectivity index (χ0) is 14.4. The van der Waals surface area contributed by atoms with Crippen LogP contribution in [0, 0.1) is 0 Å².